The highest BCUT2D eigenvalue weighted by Crippen LogP contribution is 2.53. The number of hydrogen-bond acceptors (Lipinski definition) is 3. The highest BCUT2D eigenvalue weighted by atomic mass is 32.1. The highest BCUT2D eigenvalue weighted by molar-refractivity contribution is 7.11. The zero-order valence-electron chi connectivity index (χ0n) is 7.89. The topological polar surface area (TPSA) is 38.9 Å². The van der Waals surface area contributed by atoms with Gasteiger partial charge in [0.2, 0.25) is 5.92 Å². The number of hydrogen-bond donors (Lipinski definition) is 1. The van der Waals surface area contributed by atoms with Crippen LogP contribution in [0.1, 0.15) is 22.7 Å². The Morgan fingerprint density at radius 1 is 1.57 bits per heavy atom. The summed E-state index contributed by atoms with van der Waals surface area (Å²) in [4.78, 5) is 4.98. The summed E-state index contributed by atoms with van der Waals surface area (Å²) in [5.74, 6) is -2.53. The molecule has 0 bridgehead atoms. The lowest BCUT2D eigenvalue weighted by Gasteiger charge is -2.45. The Kier molecular flexibility index (Phi) is 2.12. The Morgan fingerprint density at radius 2 is 2.21 bits per heavy atom. The van der Waals surface area contributed by atoms with E-state index in [-0.39, 0.29) is 19.4 Å². The minimum Gasteiger partial charge on any atom is -0.330 e. The molecule has 2 nitrogen and oxygen atoms in total. The lowest BCUT2D eigenvalue weighted by atomic mass is 9.65. The van der Waals surface area contributed by atoms with Gasteiger partial charge in [0.15, 0.2) is 0 Å². The van der Waals surface area contributed by atoms with Crippen molar-refractivity contribution in [1.82, 2.24) is 4.98 Å². The molecule has 2 N–H and O–H groups in total. The molecule has 1 heterocycles. The number of aryl methyl sites for hydroxylation is 1. The maximum absolute atomic E-state index is 12.8. The number of thiazole rings is 1. The highest BCUT2D eigenvalue weighted by Gasteiger charge is 2.57. The van der Waals surface area contributed by atoms with Crippen LogP contribution >= 0.6 is 11.3 Å². The number of nitrogens with two attached hydrogens (primary N) is 1. The Balaban J connectivity index is 2.24. The van der Waals surface area contributed by atoms with Crippen LogP contribution in [0.25, 0.3) is 0 Å². The Labute approximate surface area is 85.1 Å². The first kappa shape index (κ1) is 9.98. The van der Waals surface area contributed by atoms with Crippen molar-refractivity contribution in [2.24, 2.45) is 5.73 Å². The third-order valence-corrected chi connectivity index (χ3v) is 3.89. The van der Waals surface area contributed by atoms with Gasteiger partial charge in [-0.25, -0.2) is 13.8 Å². The quantitative estimate of drug-likeness (QED) is 0.825. The largest absolute Gasteiger partial charge is 0.330 e. The monoisotopic (exact) mass is 218 g/mol. The summed E-state index contributed by atoms with van der Waals surface area (Å²) in [6.45, 7) is 2.15. The van der Waals surface area contributed by atoms with Gasteiger partial charge >= 0.3 is 0 Å². The van der Waals surface area contributed by atoms with E-state index in [0.717, 1.165) is 9.88 Å². The van der Waals surface area contributed by atoms with Crippen LogP contribution in [0.4, 0.5) is 8.78 Å². The van der Waals surface area contributed by atoms with Crippen molar-refractivity contribution in [2.75, 3.05) is 6.54 Å². The fourth-order valence-electron chi connectivity index (χ4n) is 1.96. The van der Waals surface area contributed by atoms with Gasteiger partial charge in [-0.05, 0) is 6.92 Å². The third-order valence-electron chi connectivity index (χ3n) is 2.73. The maximum atomic E-state index is 12.8. The van der Waals surface area contributed by atoms with Crippen molar-refractivity contribution in [3.8, 4) is 0 Å². The Morgan fingerprint density at radius 3 is 2.57 bits per heavy atom. The van der Waals surface area contributed by atoms with Gasteiger partial charge in [0.05, 0.1) is 5.01 Å². The van der Waals surface area contributed by atoms with Gasteiger partial charge in [0.1, 0.15) is 0 Å². The van der Waals surface area contributed by atoms with E-state index in [1.807, 2.05) is 6.92 Å². The molecular formula is C9H12F2N2S. The number of halogens is 2. The molecule has 78 valence electrons. The van der Waals surface area contributed by atoms with Crippen molar-refractivity contribution in [3.63, 3.8) is 0 Å². The van der Waals surface area contributed by atoms with E-state index < -0.39 is 11.3 Å². The van der Waals surface area contributed by atoms with Crippen LogP contribution in [-0.2, 0) is 5.41 Å². The summed E-state index contributed by atoms with van der Waals surface area (Å²) >= 11 is 1.47. The molecule has 1 fully saturated rings. The molecule has 0 aliphatic heterocycles. The maximum Gasteiger partial charge on any atom is 0.250 e. The minimum atomic E-state index is -2.53. The normalized spacial score (nSPS) is 23.1. The van der Waals surface area contributed by atoms with Gasteiger partial charge in [0.25, 0.3) is 0 Å². The molecule has 1 aliphatic carbocycles. The molecule has 1 aromatic heterocycles. The average Bonchev–Trinajstić information content (AvgIpc) is 2.47. The van der Waals surface area contributed by atoms with Crippen molar-refractivity contribution in [1.29, 1.82) is 0 Å². The molecule has 2 rings (SSSR count). The van der Waals surface area contributed by atoms with Crippen molar-refractivity contribution in [3.05, 3.63) is 16.1 Å². The van der Waals surface area contributed by atoms with Crippen LogP contribution in [0.2, 0.25) is 0 Å². The molecule has 14 heavy (non-hydrogen) atoms. The molecule has 0 radical (unpaired) electrons. The molecule has 5 heteroatoms. The van der Waals surface area contributed by atoms with Crippen molar-refractivity contribution >= 4 is 11.3 Å². The van der Waals surface area contributed by atoms with Crippen LogP contribution < -0.4 is 5.73 Å². The molecule has 0 aromatic carbocycles. The van der Waals surface area contributed by atoms with Crippen LogP contribution in [0.5, 0.6) is 0 Å². The zero-order valence-corrected chi connectivity index (χ0v) is 8.70. The fraction of sp³-hybridized carbons (Fsp3) is 0.667. The number of aromatic nitrogens is 1. The zero-order chi connectivity index (χ0) is 10.4. The second-order valence-electron chi connectivity index (χ2n) is 3.94. The Hall–Kier alpha value is -0.550. The smallest absolute Gasteiger partial charge is 0.250 e. The predicted octanol–water partition coefficient (Wildman–Crippen LogP) is 2.08. The molecule has 1 aromatic rings. The Bertz CT molecular complexity index is 340. The van der Waals surface area contributed by atoms with Gasteiger partial charge in [0, 0.05) is 35.9 Å². The molecular weight excluding hydrogens is 206 g/mol. The van der Waals surface area contributed by atoms with Gasteiger partial charge in [-0.3, -0.25) is 0 Å². The standard InChI is InChI=1S/C9H12F2N2S/c1-6-13-2-7(14-6)8(5-12)3-9(10,11)4-8/h2H,3-5,12H2,1H3. The molecule has 0 spiro atoms. The van der Waals surface area contributed by atoms with E-state index in [4.69, 9.17) is 5.73 Å². The second kappa shape index (κ2) is 2.97. The summed E-state index contributed by atoms with van der Waals surface area (Å²) in [6.07, 6.45) is 1.43. The molecule has 1 aliphatic rings. The number of nitrogens with zero attached hydrogens (tertiary/aromatic N) is 1. The van der Waals surface area contributed by atoms with Crippen molar-refractivity contribution < 1.29 is 8.78 Å². The van der Waals surface area contributed by atoms with Gasteiger partial charge in [-0.2, -0.15) is 0 Å². The van der Waals surface area contributed by atoms with E-state index in [9.17, 15) is 8.78 Å². The summed E-state index contributed by atoms with van der Waals surface area (Å²) < 4.78 is 25.7. The first-order chi connectivity index (χ1) is 6.47. The fourth-order valence-corrected chi connectivity index (χ4v) is 2.94. The summed E-state index contributed by atoms with van der Waals surface area (Å²) in [6, 6.07) is 0. The second-order valence-corrected chi connectivity index (χ2v) is 5.17. The lowest BCUT2D eigenvalue weighted by molar-refractivity contribution is -0.122. The van der Waals surface area contributed by atoms with E-state index in [1.165, 1.54) is 11.3 Å². The number of alkyl halides is 2. The summed E-state index contributed by atoms with van der Waals surface area (Å²) in [5.41, 5.74) is 5.07. The third kappa shape index (κ3) is 1.44. The van der Waals surface area contributed by atoms with Crippen LogP contribution in [-0.4, -0.2) is 17.5 Å². The van der Waals surface area contributed by atoms with Crippen LogP contribution in [0.3, 0.4) is 0 Å². The summed E-state index contributed by atoms with van der Waals surface area (Å²) in [7, 11) is 0. The average molecular weight is 218 g/mol. The minimum absolute atomic E-state index is 0.127. The molecule has 0 atom stereocenters. The first-order valence-corrected chi connectivity index (χ1v) is 5.30. The molecule has 0 unspecified atom stereocenters. The van der Waals surface area contributed by atoms with E-state index in [2.05, 4.69) is 4.98 Å². The number of rotatable bonds is 2. The first-order valence-electron chi connectivity index (χ1n) is 4.48. The van der Waals surface area contributed by atoms with Gasteiger partial charge in [-0.15, -0.1) is 11.3 Å². The van der Waals surface area contributed by atoms with E-state index in [0.29, 0.717) is 0 Å². The SMILES string of the molecule is Cc1ncc(C2(CN)CC(F)(F)C2)s1. The lowest BCUT2D eigenvalue weighted by Crippen LogP contribution is -2.53. The summed E-state index contributed by atoms with van der Waals surface area (Å²) in [5, 5.41) is 0.906. The van der Waals surface area contributed by atoms with Crippen LogP contribution in [0.15, 0.2) is 6.20 Å². The molecule has 1 saturated carbocycles. The molecule has 0 saturated heterocycles. The predicted molar refractivity (Wildman–Crippen MR) is 51.8 cm³/mol. The van der Waals surface area contributed by atoms with Crippen molar-refractivity contribution in [2.45, 2.75) is 31.1 Å². The van der Waals surface area contributed by atoms with Gasteiger partial charge < -0.3 is 5.73 Å². The van der Waals surface area contributed by atoms with Gasteiger partial charge in [-0.1, -0.05) is 0 Å². The van der Waals surface area contributed by atoms with Crippen LogP contribution in [0, 0.1) is 6.92 Å². The van der Waals surface area contributed by atoms with E-state index >= 15 is 0 Å². The van der Waals surface area contributed by atoms with E-state index in [1.54, 1.807) is 6.20 Å². The molecule has 0 amide bonds.